The number of hydrogen-bond donors (Lipinski definition) is 1. The molecule has 4 rings (SSSR count). The number of nitrogens with zero attached hydrogens (tertiary/aromatic N) is 3. The van der Waals surface area contributed by atoms with Crippen molar-refractivity contribution in [3.05, 3.63) is 24.3 Å². The number of piperazine rings is 1. The Hall–Kier alpha value is -2.01. The maximum absolute atomic E-state index is 13.0. The van der Waals surface area contributed by atoms with Gasteiger partial charge in [0.05, 0.1) is 11.4 Å². The van der Waals surface area contributed by atoms with Crippen molar-refractivity contribution in [2.45, 2.75) is 62.0 Å². The lowest BCUT2D eigenvalue weighted by atomic mass is 9.96. The van der Waals surface area contributed by atoms with Crippen molar-refractivity contribution < 1.29 is 22.7 Å². The highest BCUT2D eigenvalue weighted by molar-refractivity contribution is 7.89. The Bertz CT molecular complexity index is 948. The summed E-state index contributed by atoms with van der Waals surface area (Å²) in [7, 11) is -1.89. The van der Waals surface area contributed by atoms with Gasteiger partial charge < -0.3 is 15.0 Å². The van der Waals surface area contributed by atoms with Gasteiger partial charge in [0.2, 0.25) is 15.9 Å². The molecule has 0 aromatic heterocycles. The fourth-order valence-electron chi connectivity index (χ4n) is 5.02. The average molecular weight is 493 g/mol. The molecule has 10 heteroatoms. The van der Waals surface area contributed by atoms with Crippen LogP contribution in [-0.4, -0.2) is 92.9 Å². The SMILES string of the molecule is CN(C1CCCCC1)S(=O)(=O)c1ccc(NC(=O)CN2CCN(C(=O)C3CCCO3)CC2)cc1. The van der Waals surface area contributed by atoms with Gasteiger partial charge in [0, 0.05) is 51.6 Å². The van der Waals surface area contributed by atoms with Crippen LogP contribution in [0.25, 0.3) is 0 Å². The van der Waals surface area contributed by atoms with Gasteiger partial charge in [-0.1, -0.05) is 19.3 Å². The summed E-state index contributed by atoms with van der Waals surface area (Å²) in [4.78, 5) is 29.1. The molecule has 188 valence electrons. The molecule has 0 bridgehead atoms. The smallest absolute Gasteiger partial charge is 0.251 e. The van der Waals surface area contributed by atoms with Crippen LogP contribution in [0.15, 0.2) is 29.2 Å². The highest BCUT2D eigenvalue weighted by Gasteiger charge is 2.31. The first-order valence-electron chi connectivity index (χ1n) is 12.4. The molecular formula is C24H36N4O5S. The van der Waals surface area contributed by atoms with Crippen molar-refractivity contribution in [2.75, 3.05) is 51.7 Å². The summed E-state index contributed by atoms with van der Waals surface area (Å²) in [6.07, 6.45) is 6.53. The zero-order valence-corrected chi connectivity index (χ0v) is 20.8. The number of hydrogen-bond acceptors (Lipinski definition) is 6. The number of sulfonamides is 1. The Morgan fingerprint density at radius 1 is 1.00 bits per heavy atom. The van der Waals surface area contributed by atoms with Crippen LogP contribution < -0.4 is 5.32 Å². The Balaban J connectivity index is 1.25. The van der Waals surface area contributed by atoms with Gasteiger partial charge in [-0.05, 0) is 49.9 Å². The topological polar surface area (TPSA) is 99.3 Å². The van der Waals surface area contributed by atoms with Crippen LogP contribution in [0.5, 0.6) is 0 Å². The molecule has 1 aromatic carbocycles. The van der Waals surface area contributed by atoms with Crippen molar-refractivity contribution in [2.24, 2.45) is 0 Å². The molecule has 9 nitrogen and oxygen atoms in total. The van der Waals surface area contributed by atoms with E-state index in [-0.39, 0.29) is 35.4 Å². The molecule has 1 N–H and O–H groups in total. The molecule has 0 radical (unpaired) electrons. The average Bonchev–Trinajstić information content (AvgIpc) is 3.39. The van der Waals surface area contributed by atoms with E-state index >= 15 is 0 Å². The molecule has 2 amide bonds. The van der Waals surface area contributed by atoms with Crippen LogP contribution in [0, 0.1) is 0 Å². The zero-order chi connectivity index (χ0) is 24.1. The third-order valence-corrected chi connectivity index (χ3v) is 9.08. The van der Waals surface area contributed by atoms with Crippen LogP contribution in [0.2, 0.25) is 0 Å². The molecule has 3 fully saturated rings. The molecule has 3 aliphatic rings. The molecule has 1 atom stereocenters. The van der Waals surface area contributed by atoms with Crippen LogP contribution in [-0.2, 0) is 24.3 Å². The van der Waals surface area contributed by atoms with Gasteiger partial charge in [0.1, 0.15) is 6.10 Å². The van der Waals surface area contributed by atoms with Gasteiger partial charge in [0.15, 0.2) is 0 Å². The number of amides is 2. The van der Waals surface area contributed by atoms with E-state index in [0.717, 1.165) is 38.5 Å². The third kappa shape index (κ3) is 5.97. The lowest BCUT2D eigenvalue weighted by Gasteiger charge is -2.35. The first-order chi connectivity index (χ1) is 16.3. The second-order valence-electron chi connectivity index (χ2n) is 9.49. The van der Waals surface area contributed by atoms with E-state index in [4.69, 9.17) is 4.74 Å². The van der Waals surface area contributed by atoms with Crippen molar-refractivity contribution in [3.8, 4) is 0 Å². The Morgan fingerprint density at radius 2 is 1.68 bits per heavy atom. The largest absolute Gasteiger partial charge is 0.368 e. The summed E-state index contributed by atoms with van der Waals surface area (Å²) in [6.45, 7) is 3.33. The first kappa shape index (κ1) is 25.1. The van der Waals surface area contributed by atoms with Gasteiger partial charge in [-0.25, -0.2) is 8.42 Å². The van der Waals surface area contributed by atoms with Crippen LogP contribution in [0.3, 0.4) is 0 Å². The number of ether oxygens (including phenoxy) is 1. The van der Waals surface area contributed by atoms with Crippen molar-refractivity contribution >= 4 is 27.5 Å². The fraction of sp³-hybridized carbons (Fsp3) is 0.667. The van der Waals surface area contributed by atoms with Crippen molar-refractivity contribution in [1.82, 2.24) is 14.1 Å². The maximum Gasteiger partial charge on any atom is 0.251 e. The highest BCUT2D eigenvalue weighted by atomic mass is 32.2. The molecule has 1 saturated carbocycles. The monoisotopic (exact) mass is 492 g/mol. The Kier molecular flexibility index (Phi) is 8.23. The first-order valence-corrected chi connectivity index (χ1v) is 13.8. The quantitative estimate of drug-likeness (QED) is 0.624. The summed E-state index contributed by atoms with van der Waals surface area (Å²) in [5.41, 5.74) is 0.566. The molecule has 1 aromatic rings. The standard InChI is InChI=1S/C24H36N4O5S/c1-26(20-6-3-2-4-7-20)34(31,32)21-11-9-19(10-12-21)25-23(29)18-27-13-15-28(16-14-27)24(30)22-8-5-17-33-22/h9-12,20,22H,2-8,13-18H2,1H3,(H,25,29). The van der Waals surface area contributed by atoms with E-state index < -0.39 is 10.0 Å². The lowest BCUT2D eigenvalue weighted by Crippen LogP contribution is -2.52. The fourth-order valence-corrected chi connectivity index (χ4v) is 6.44. The Labute approximate surface area is 202 Å². The minimum absolute atomic E-state index is 0.0552. The minimum atomic E-state index is -3.55. The lowest BCUT2D eigenvalue weighted by molar-refractivity contribution is -0.142. The predicted octanol–water partition coefficient (Wildman–Crippen LogP) is 1.90. The van der Waals surface area contributed by atoms with E-state index in [1.807, 2.05) is 9.80 Å². The summed E-state index contributed by atoms with van der Waals surface area (Å²) in [6, 6.07) is 6.44. The number of rotatable bonds is 7. The Morgan fingerprint density at radius 3 is 2.29 bits per heavy atom. The van der Waals surface area contributed by atoms with Gasteiger partial charge in [0.25, 0.3) is 5.91 Å². The number of nitrogens with one attached hydrogen (secondary N) is 1. The molecule has 0 spiro atoms. The van der Waals surface area contributed by atoms with E-state index in [2.05, 4.69) is 5.32 Å². The van der Waals surface area contributed by atoms with E-state index in [0.29, 0.717) is 38.5 Å². The van der Waals surface area contributed by atoms with Crippen molar-refractivity contribution in [1.29, 1.82) is 0 Å². The third-order valence-electron chi connectivity index (χ3n) is 7.16. The van der Waals surface area contributed by atoms with Crippen LogP contribution in [0.4, 0.5) is 5.69 Å². The summed E-state index contributed by atoms with van der Waals surface area (Å²) >= 11 is 0. The van der Waals surface area contributed by atoms with Crippen molar-refractivity contribution in [3.63, 3.8) is 0 Å². The summed E-state index contributed by atoms with van der Waals surface area (Å²) in [5.74, 6) is -0.0976. The van der Waals surface area contributed by atoms with Gasteiger partial charge >= 0.3 is 0 Å². The minimum Gasteiger partial charge on any atom is -0.368 e. The maximum atomic E-state index is 13.0. The van der Waals surface area contributed by atoms with E-state index in [1.54, 1.807) is 31.3 Å². The second-order valence-corrected chi connectivity index (χ2v) is 11.5. The van der Waals surface area contributed by atoms with Gasteiger partial charge in [-0.3, -0.25) is 14.5 Å². The van der Waals surface area contributed by atoms with Crippen LogP contribution >= 0.6 is 0 Å². The molecule has 1 unspecified atom stereocenters. The molecule has 2 heterocycles. The zero-order valence-electron chi connectivity index (χ0n) is 19.9. The number of carbonyl (C=O) groups excluding carboxylic acids is 2. The highest BCUT2D eigenvalue weighted by Crippen LogP contribution is 2.27. The second kappa shape index (κ2) is 11.2. The van der Waals surface area contributed by atoms with E-state index in [1.165, 1.54) is 10.7 Å². The molecule has 1 aliphatic carbocycles. The van der Waals surface area contributed by atoms with Crippen LogP contribution in [0.1, 0.15) is 44.9 Å². The normalized spacial score (nSPS) is 22.8. The summed E-state index contributed by atoms with van der Waals surface area (Å²) < 4.78 is 33.0. The molecule has 2 saturated heterocycles. The van der Waals surface area contributed by atoms with E-state index in [9.17, 15) is 18.0 Å². The number of carbonyl (C=O) groups is 2. The number of anilines is 1. The van der Waals surface area contributed by atoms with Gasteiger partial charge in [-0.2, -0.15) is 4.31 Å². The molecule has 34 heavy (non-hydrogen) atoms. The molecule has 2 aliphatic heterocycles. The molecular weight excluding hydrogens is 456 g/mol. The summed E-state index contributed by atoms with van der Waals surface area (Å²) in [5, 5.41) is 2.85. The van der Waals surface area contributed by atoms with Gasteiger partial charge in [-0.15, -0.1) is 0 Å². The number of benzene rings is 1. The predicted molar refractivity (Wildman–Crippen MR) is 129 cm³/mol.